The normalized spacial score (nSPS) is 29.4. The zero-order valence-corrected chi connectivity index (χ0v) is 16.5. The van der Waals surface area contributed by atoms with Gasteiger partial charge >= 0.3 is 0 Å². The smallest absolute Gasteiger partial charge is 0.235 e. The van der Waals surface area contributed by atoms with Crippen molar-refractivity contribution >= 4 is 28.4 Å². The molecular weight excluding hydrogens is 376 g/mol. The van der Waals surface area contributed by atoms with Crippen molar-refractivity contribution in [2.24, 2.45) is 11.8 Å². The van der Waals surface area contributed by atoms with E-state index in [0.717, 1.165) is 21.9 Å². The van der Waals surface area contributed by atoms with Crippen molar-refractivity contribution in [3.63, 3.8) is 0 Å². The molecule has 148 valence electrons. The van der Waals surface area contributed by atoms with E-state index in [9.17, 15) is 14.4 Å². The van der Waals surface area contributed by atoms with Gasteiger partial charge in [0.05, 0.1) is 11.8 Å². The summed E-state index contributed by atoms with van der Waals surface area (Å²) in [6, 6.07) is 21.1. The van der Waals surface area contributed by atoms with Crippen molar-refractivity contribution in [3.8, 4) is 0 Å². The molecule has 5 nitrogen and oxygen atoms in total. The van der Waals surface area contributed by atoms with Crippen LogP contribution in [0.25, 0.3) is 10.8 Å². The van der Waals surface area contributed by atoms with Crippen molar-refractivity contribution in [2.75, 3.05) is 7.05 Å². The van der Waals surface area contributed by atoms with Crippen LogP contribution in [0.5, 0.6) is 0 Å². The van der Waals surface area contributed by atoms with Gasteiger partial charge in [-0.1, -0.05) is 66.7 Å². The number of hydrogen-bond donors (Lipinski definition) is 1. The Morgan fingerprint density at radius 1 is 0.900 bits per heavy atom. The van der Waals surface area contributed by atoms with E-state index in [1.807, 2.05) is 66.7 Å². The standard InChI is InChI=1S/C25H20N2O3/c1-27-23(29)20-18(13-14-7-3-2-4-8-14)26-25(21(20)24(27)30)17-12-6-10-15-9-5-11-16(19(15)17)22(25)28/h2-12,18,20-21,26H,13H2,1H3/t18-,20+,21-,25+/m0/s1. The molecule has 0 unspecified atom stereocenters. The van der Waals surface area contributed by atoms with Crippen LogP contribution < -0.4 is 5.32 Å². The highest BCUT2D eigenvalue weighted by Gasteiger charge is 2.69. The van der Waals surface area contributed by atoms with Crippen LogP contribution in [-0.2, 0) is 21.5 Å². The van der Waals surface area contributed by atoms with E-state index < -0.39 is 17.4 Å². The Morgan fingerprint density at radius 3 is 2.40 bits per heavy atom. The molecule has 1 aliphatic carbocycles. The van der Waals surface area contributed by atoms with Crippen LogP contribution in [0, 0.1) is 11.8 Å². The number of hydrogen-bond acceptors (Lipinski definition) is 4. The van der Waals surface area contributed by atoms with Gasteiger partial charge < -0.3 is 0 Å². The second-order valence-corrected chi connectivity index (χ2v) is 8.53. The van der Waals surface area contributed by atoms with E-state index in [0.29, 0.717) is 12.0 Å². The number of rotatable bonds is 2. The quantitative estimate of drug-likeness (QED) is 0.677. The summed E-state index contributed by atoms with van der Waals surface area (Å²) in [6.45, 7) is 0. The number of carbonyl (C=O) groups is 3. The summed E-state index contributed by atoms with van der Waals surface area (Å²) >= 11 is 0. The molecule has 3 aliphatic rings. The number of amides is 2. The summed E-state index contributed by atoms with van der Waals surface area (Å²) in [5.41, 5.74) is 1.33. The Morgan fingerprint density at radius 2 is 1.63 bits per heavy atom. The number of carbonyl (C=O) groups excluding carboxylic acids is 3. The predicted octanol–water partition coefficient (Wildman–Crippen LogP) is 2.68. The largest absolute Gasteiger partial charge is 0.296 e. The summed E-state index contributed by atoms with van der Waals surface area (Å²) in [5, 5.41) is 5.41. The molecular formula is C25H20N2O3. The number of fused-ring (bicyclic) bond motifs is 3. The Hall–Kier alpha value is -3.31. The van der Waals surface area contributed by atoms with Crippen LogP contribution in [-0.4, -0.2) is 35.6 Å². The maximum atomic E-state index is 13.9. The average Bonchev–Trinajstić information content (AvgIpc) is 3.31. The molecule has 1 N–H and O–H groups in total. The van der Waals surface area contributed by atoms with Gasteiger partial charge in [0.2, 0.25) is 11.8 Å². The predicted molar refractivity (Wildman–Crippen MR) is 112 cm³/mol. The van der Waals surface area contributed by atoms with Crippen LogP contribution in [0.1, 0.15) is 21.5 Å². The zero-order chi connectivity index (χ0) is 20.6. The minimum atomic E-state index is -1.19. The fourth-order valence-electron chi connectivity index (χ4n) is 5.86. The zero-order valence-electron chi connectivity index (χ0n) is 16.5. The lowest BCUT2D eigenvalue weighted by Crippen LogP contribution is -2.52. The number of nitrogens with zero attached hydrogens (tertiary/aromatic N) is 1. The Bertz CT molecular complexity index is 1250. The Kier molecular flexibility index (Phi) is 3.43. The maximum Gasteiger partial charge on any atom is 0.235 e. The van der Waals surface area contributed by atoms with Crippen molar-refractivity contribution in [2.45, 2.75) is 18.0 Å². The van der Waals surface area contributed by atoms with Gasteiger partial charge in [0, 0.05) is 18.7 Å². The van der Waals surface area contributed by atoms with Gasteiger partial charge in [0.15, 0.2) is 5.78 Å². The second kappa shape index (κ2) is 5.86. The first-order valence-corrected chi connectivity index (χ1v) is 10.2. The van der Waals surface area contributed by atoms with Gasteiger partial charge in [-0.05, 0) is 28.3 Å². The van der Waals surface area contributed by atoms with Crippen molar-refractivity contribution < 1.29 is 14.4 Å². The summed E-state index contributed by atoms with van der Waals surface area (Å²) in [5.74, 6) is -1.86. The first-order chi connectivity index (χ1) is 14.5. The van der Waals surface area contributed by atoms with Crippen molar-refractivity contribution in [1.29, 1.82) is 0 Å². The first-order valence-electron chi connectivity index (χ1n) is 10.2. The van der Waals surface area contributed by atoms with Crippen LogP contribution in [0.15, 0.2) is 66.7 Å². The highest BCUT2D eigenvalue weighted by molar-refractivity contribution is 6.23. The van der Waals surface area contributed by atoms with E-state index in [2.05, 4.69) is 5.32 Å². The molecule has 6 rings (SSSR count). The van der Waals surface area contributed by atoms with E-state index >= 15 is 0 Å². The van der Waals surface area contributed by atoms with E-state index in [4.69, 9.17) is 0 Å². The molecule has 3 aromatic carbocycles. The number of nitrogens with one attached hydrogen (secondary N) is 1. The summed E-state index contributed by atoms with van der Waals surface area (Å²) in [7, 11) is 1.53. The Balaban J connectivity index is 1.56. The van der Waals surface area contributed by atoms with Crippen LogP contribution in [0.4, 0.5) is 0 Å². The SMILES string of the molecule is CN1C(=O)[C@@H]2[C@H](Cc3ccccc3)N[C@@]3(C(=O)c4cccc5cccc3c45)[C@@H]2C1=O. The summed E-state index contributed by atoms with van der Waals surface area (Å²) < 4.78 is 0. The third kappa shape index (κ3) is 1.98. The molecule has 2 fully saturated rings. The fraction of sp³-hybridized carbons (Fsp3) is 0.240. The highest BCUT2D eigenvalue weighted by atomic mass is 16.2. The van der Waals surface area contributed by atoms with Gasteiger partial charge in [0.1, 0.15) is 5.54 Å². The lowest BCUT2D eigenvalue weighted by molar-refractivity contribution is -0.139. The number of imide groups is 1. The third-order valence-electron chi connectivity index (χ3n) is 7.12. The van der Waals surface area contributed by atoms with Gasteiger partial charge in [-0.25, -0.2) is 0 Å². The molecule has 2 amide bonds. The Labute approximate surface area is 173 Å². The molecule has 0 saturated carbocycles. The van der Waals surface area contributed by atoms with Crippen LogP contribution in [0.2, 0.25) is 0 Å². The number of Topliss-reactive ketones (excluding diaryl/α,β-unsaturated/α-hetero) is 1. The van der Waals surface area contributed by atoms with E-state index in [1.165, 1.54) is 11.9 Å². The molecule has 2 aliphatic heterocycles. The minimum absolute atomic E-state index is 0.101. The lowest BCUT2D eigenvalue weighted by atomic mass is 9.75. The monoisotopic (exact) mass is 396 g/mol. The van der Waals surface area contributed by atoms with E-state index in [-0.39, 0.29) is 23.6 Å². The number of likely N-dealkylation sites (tertiary alicyclic amines) is 1. The van der Waals surface area contributed by atoms with Crippen LogP contribution in [0.3, 0.4) is 0 Å². The molecule has 4 atom stereocenters. The first kappa shape index (κ1) is 17.5. The minimum Gasteiger partial charge on any atom is -0.296 e. The molecule has 1 spiro atoms. The molecule has 0 bridgehead atoms. The molecule has 2 saturated heterocycles. The van der Waals surface area contributed by atoms with Gasteiger partial charge in [-0.15, -0.1) is 0 Å². The van der Waals surface area contributed by atoms with Crippen molar-refractivity contribution in [1.82, 2.24) is 10.2 Å². The number of benzene rings is 3. The summed E-state index contributed by atoms with van der Waals surface area (Å²) in [6.07, 6.45) is 0.580. The molecule has 30 heavy (non-hydrogen) atoms. The second-order valence-electron chi connectivity index (χ2n) is 8.53. The van der Waals surface area contributed by atoms with Gasteiger partial charge in [0.25, 0.3) is 0 Å². The average molecular weight is 396 g/mol. The molecule has 0 aromatic heterocycles. The van der Waals surface area contributed by atoms with Crippen molar-refractivity contribution in [3.05, 3.63) is 83.4 Å². The third-order valence-corrected chi connectivity index (χ3v) is 7.12. The van der Waals surface area contributed by atoms with Gasteiger partial charge in [-0.2, -0.15) is 0 Å². The van der Waals surface area contributed by atoms with Crippen LogP contribution >= 0.6 is 0 Å². The fourth-order valence-corrected chi connectivity index (χ4v) is 5.86. The molecule has 0 radical (unpaired) electrons. The highest BCUT2D eigenvalue weighted by Crippen LogP contribution is 2.54. The summed E-state index contributed by atoms with van der Waals surface area (Å²) in [4.78, 5) is 41.5. The molecule has 3 aromatic rings. The van der Waals surface area contributed by atoms with E-state index in [1.54, 1.807) is 0 Å². The molecule has 2 heterocycles. The maximum absolute atomic E-state index is 13.9. The number of ketones is 1. The van der Waals surface area contributed by atoms with Gasteiger partial charge in [-0.3, -0.25) is 24.6 Å². The topological polar surface area (TPSA) is 66.5 Å². The lowest BCUT2D eigenvalue weighted by Gasteiger charge is -2.30. The molecule has 5 heteroatoms.